The predicted molar refractivity (Wildman–Crippen MR) is 138 cm³/mol. The molecule has 0 spiro atoms. The second kappa shape index (κ2) is 12.9. The van der Waals surface area contributed by atoms with Gasteiger partial charge in [-0.15, -0.1) is 0 Å². The van der Waals surface area contributed by atoms with Crippen molar-refractivity contribution in [1.29, 1.82) is 0 Å². The summed E-state index contributed by atoms with van der Waals surface area (Å²) in [6.45, 7) is 2.86. The largest absolute Gasteiger partial charge is 0.419 e. The van der Waals surface area contributed by atoms with Crippen LogP contribution in [-0.2, 0) is 17.5 Å². The fourth-order valence-corrected chi connectivity index (χ4v) is 5.07. The SMILES string of the molecule is CN(C)CCCNC(C=O)N1C[C@H](c2ccc(Cl)c(Cl)c2)[C@H](N(C)Cc2ccc(C(F)(F)F)c(F)c2)C1. The third-order valence-electron chi connectivity index (χ3n) is 6.68. The van der Waals surface area contributed by atoms with Crippen molar-refractivity contribution in [3.8, 4) is 0 Å². The molecule has 0 bridgehead atoms. The minimum Gasteiger partial charge on any atom is -0.309 e. The zero-order valence-electron chi connectivity index (χ0n) is 21.0. The molecule has 1 unspecified atom stereocenters. The molecule has 0 aromatic heterocycles. The second-order valence-corrected chi connectivity index (χ2v) is 10.5. The van der Waals surface area contributed by atoms with Crippen LogP contribution >= 0.6 is 23.2 Å². The number of hydrogen-bond acceptors (Lipinski definition) is 5. The summed E-state index contributed by atoms with van der Waals surface area (Å²) in [6, 6.07) is 8.30. The zero-order valence-corrected chi connectivity index (χ0v) is 22.5. The standard InChI is InChI=1S/C26H32Cl2F4N4O/c1-34(2)10-4-9-33-25(16-37)36-14-19(18-6-8-21(27)22(28)12-18)24(15-36)35(3)13-17-5-7-20(23(29)11-17)26(30,31)32/h5-8,11-12,16,19,24-25,33H,4,9-10,13-15H2,1-3H3/t19-,24-,25?/m1/s1. The molecule has 1 fully saturated rings. The highest BCUT2D eigenvalue weighted by molar-refractivity contribution is 6.42. The summed E-state index contributed by atoms with van der Waals surface area (Å²) in [4.78, 5) is 18.1. The molecule has 1 N–H and O–H groups in total. The Morgan fingerprint density at radius 2 is 1.84 bits per heavy atom. The molecule has 5 nitrogen and oxygen atoms in total. The third-order valence-corrected chi connectivity index (χ3v) is 7.42. The molecule has 37 heavy (non-hydrogen) atoms. The van der Waals surface area contributed by atoms with Crippen molar-refractivity contribution < 1.29 is 22.4 Å². The van der Waals surface area contributed by atoms with Gasteiger partial charge in [-0.25, -0.2) is 4.39 Å². The Hall–Kier alpha value is -1.75. The number of nitrogens with one attached hydrogen (secondary N) is 1. The van der Waals surface area contributed by atoms with E-state index >= 15 is 0 Å². The first-order chi connectivity index (χ1) is 17.4. The Morgan fingerprint density at radius 3 is 2.43 bits per heavy atom. The molecule has 0 amide bonds. The Bertz CT molecular complexity index is 1070. The molecule has 1 heterocycles. The third kappa shape index (κ3) is 7.88. The van der Waals surface area contributed by atoms with Crippen molar-refractivity contribution in [2.75, 3.05) is 47.3 Å². The number of likely N-dealkylation sites (N-methyl/N-ethyl adjacent to an activating group) is 1. The summed E-state index contributed by atoms with van der Waals surface area (Å²) in [7, 11) is 5.82. The summed E-state index contributed by atoms with van der Waals surface area (Å²) in [5.41, 5.74) is 0.0755. The van der Waals surface area contributed by atoms with E-state index in [2.05, 4.69) is 10.2 Å². The lowest BCUT2D eigenvalue weighted by atomic mass is 9.93. The highest BCUT2D eigenvalue weighted by Gasteiger charge is 2.39. The van der Waals surface area contributed by atoms with Gasteiger partial charge in [0.2, 0.25) is 0 Å². The van der Waals surface area contributed by atoms with Crippen molar-refractivity contribution in [2.45, 2.75) is 37.3 Å². The van der Waals surface area contributed by atoms with Crippen LogP contribution < -0.4 is 5.32 Å². The Morgan fingerprint density at radius 1 is 1.11 bits per heavy atom. The van der Waals surface area contributed by atoms with Gasteiger partial charge in [0.05, 0.1) is 15.6 Å². The second-order valence-electron chi connectivity index (χ2n) is 9.72. The number of hydrogen-bond donors (Lipinski definition) is 1. The highest BCUT2D eigenvalue weighted by atomic mass is 35.5. The Kier molecular flexibility index (Phi) is 10.4. The number of carbonyl (C=O) groups excluding carboxylic acids is 1. The van der Waals surface area contributed by atoms with E-state index in [4.69, 9.17) is 23.2 Å². The van der Waals surface area contributed by atoms with Crippen LogP contribution in [0, 0.1) is 5.82 Å². The summed E-state index contributed by atoms with van der Waals surface area (Å²) in [5.74, 6) is -1.36. The van der Waals surface area contributed by atoms with Crippen LogP contribution in [0.1, 0.15) is 29.0 Å². The molecule has 2 aromatic carbocycles. The van der Waals surface area contributed by atoms with Gasteiger partial charge < -0.3 is 9.69 Å². The number of rotatable bonds is 11. The van der Waals surface area contributed by atoms with Crippen LogP contribution in [0.15, 0.2) is 36.4 Å². The lowest BCUT2D eigenvalue weighted by Gasteiger charge is -2.30. The molecule has 2 aromatic rings. The quantitative estimate of drug-likeness (QED) is 0.234. The van der Waals surface area contributed by atoms with E-state index in [1.807, 2.05) is 37.0 Å². The number of nitrogens with zero attached hydrogens (tertiary/aromatic N) is 3. The first-order valence-corrected chi connectivity index (χ1v) is 12.7. The Balaban J connectivity index is 1.81. The number of aldehydes is 1. The van der Waals surface area contributed by atoms with Crippen molar-refractivity contribution in [3.05, 3.63) is 69.0 Å². The molecule has 11 heteroatoms. The molecule has 3 atom stereocenters. The van der Waals surface area contributed by atoms with Crippen LogP contribution in [0.5, 0.6) is 0 Å². The van der Waals surface area contributed by atoms with E-state index in [1.54, 1.807) is 12.1 Å². The number of carbonyl (C=O) groups is 1. The molecule has 1 aliphatic heterocycles. The van der Waals surface area contributed by atoms with Crippen molar-refractivity contribution in [2.24, 2.45) is 0 Å². The van der Waals surface area contributed by atoms with E-state index in [9.17, 15) is 22.4 Å². The maximum absolute atomic E-state index is 14.2. The van der Waals surface area contributed by atoms with Crippen LogP contribution in [0.4, 0.5) is 17.6 Å². The van der Waals surface area contributed by atoms with Gasteiger partial charge >= 0.3 is 6.18 Å². The molecule has 0 radical (unpaired) electrons. The topological polar surface area (TPSA) is 38.8 Å². The van der Waals surface area contributed by atoms with E-state index in [0.29, 0.717) is 35.2 Å². The lowest BCUT2D eigenvalue weighted by Crippen LogP contribution is -2.47. The summed E-state index contributed by atoms with van der Waals surface area (Å²) in [5, 5.41) is 4.15. The molecule has 1 saturated heterocycles. The normalized spacial score (nSPS) is 19.6. The molecular formula is C26H32Cl2F4N4O. The van der Waals surface area contributed by atoms with Crippen LogP contribution in [-0.4, -0.2) is 80.5 Å². The molecule has 0 saturated carbocycles. The fourth-order valence-electron chi connectivity index (χ4n) is 4.76. The number of likely N-dealkylation sites (tertiary alicyclic amines) is 1. The van der Waals surface area contributed by atoms with Crippen molar-refractivity contribution in [1.82, 2.24) is 20.0 Å². The van der Waals surface area contributed by atoms with Gasteiger partial charge in [-0.3, -0.25) is 15.1 Å². The molecule has 3 rings (SSSR count). The van der Waals surface area contributed by atoms with Crippen LogP contribution in [0.3, 0.4) is 0 Å². The van der Waals surface area contributed by atoms with Gasteiger partial charge in [0.1, 0.15) is 12.0 Å². The number of alkyl halides is 3. The summed E-state index contributed by atoms with van der Waals surface area (Å²) >= 11 is 12.4. The van der Waals surface area contributed by atoms with Crippen molar-refractivity contribution >= 4 is 29.5 Å². The molecule has 0 aliphatic carbocycles. The van der Waals surface area contributed by atoms with Gasteiger partial charge in [0.25, 0.3) is 0 Å². The van der Waals surface area contributed by atoms with Crippen LogP contribution in [0.2, 0.25) is 10.0 Å². The smallest absolute Gasteiger partial charge is 0.309 e. The predicted octanol–water partition coefficient (Wildman–Crippen LogP) is 5.12. The average molecular weight is 563 g/mol. The zero-order chi connectivity index (χ0) is 27.3. The maximum atomic E-state index is 14.2. The number of halogens is 6. The molecular weight excluding hydrogens is 531 g/mol. The van der Waals surface area contributed by atoms with E-state index in [1.165, 1.54) is 6.07 Å². The maximum Gasteiger partial charge on any atom is 0.419 e. The van der Waals surface area contributed by atoms with E-state index < -0.39 is 23.7 Å². The van der Waals surface area contributed by atoms with Gasteiger partial charge in [0.15, 0.2) is 6.29 Å². The van der Waals surface area contributed by atoms with Crippen LogP contribution in [0.25, 0.3) is 0 Å². The summed E-state index contributed by atoms with van der Waals surface area (Å²) < 4.78 is 53.1. The first kappa shape index (κ1) is 29.8. The molecule has 204 valence electrons. The lowest BCUT2D eigenvalue weighted by molar-refractivity contribution is -0.140. The van der Waals surface area contributed by atoms with E-state index in [-0.39, 0.29) is 18.5 Å². The van der Waals surface area contributed by atoms with Gasteiger partial charge in [-0.2, -0.15) is 13.2 Å². The fraction of sp³-hybridized carbons (Fsp3) is 0.500. The monoisotopic (exact) mass is 562 g/mol. The highest BCUT2D eigenvalue weighted by Crippen LogP contribution is 2.36. The van der Waals surface area contributed by atoms with Crippen molar-refractivity contribution in [3.63, 3.8) is 0 Å². The minimum absolute atomic E-state index is 0.0647. The van der Waals surface area contributed by atoms with Gasteiger partial charge in [-0.1, -0.05) is 35.3 Å². The van der Waals surface area contributed by atoms with Gasteiger partial charge in [-0.05, 0) is 76.0 Å². The minimum atomic E-state index is -4.75. The number of benzene rings is 2. The van der Waals surface area contributed by atoms with E-state index in [0.717, 1.165) is 36.9 Å². The molecule has 1 aliphatic rings. The summed E-state index contributed by atoms with van der Waals surface area (Å²) in [6.07, 6.45) is -3.48. The Labute approximate surface area is 225 Å². The van der Waals surface area contributed by atoms with Gasteiger partial charge in [0, 0.05) is 31.6 Å². The first-order valence-electron chi connectivity index (χ1n) is 12.0. The average Bonchev–Trinajstić information content (AvgIpc) is 3.25.